The van der Waals surface area contributed by atoms with Gasteiger partial charge < -0.3 is 4.74 Å². The molecule has 0 aliphatic heterocycles. The van der Waals surface area contributed by atoms with Crippen LogP contribution in [0.15, 0.2) is 29.2 Å². The third-order valence-electron chi connectivity index (χ3n) is 2.79. The molecule has 1 N–H and O–H groups in total. The van der Waals surface area contributed by atoms with E-state index in [1.165, 1.54) is 18.4 Å². The summed E-state index contributed by atoms with van der Waals surface area (Å²) in [6.07, 6.45) is 0.152. The molecule has 1 aromatic heterocycles. The first-order chi connectivity index (χ1) is 10.0. The average Bonchev–Trinajstić information content (AvgIpc) is 2.78. The van der Waals surface area contributed by atoms with Crippen molar-refractivity contribution in [2.45, 2.75) is 18.2 Å². The molecular formula is C14H14N2O3S2. The number of ether oxygens (including phenoxy) is 1. The summed E-state index contributed by atoms with van der Waals surface area (Å²) in [6.45, 7) is 1.79. The van der Waals surface area contributed by atoms with Gasteiger partial charge in [0, 0.05) is 9.77 Å². The van der Waals surface area contributed by atoms with E-state index >= 15 is 0 Å². The third-order valence-corrected chi connectivity index (χ3v) is 4.26. The van der Waals surface area contributed by atoms with Crippen LogP contribution in [0.3, 0.4) is 0 Å². The van der Waals surface area contributed by atoms with Crippen molar-refractivity contribution in [2.24, 2.45) is 0 Å². The van der Waals surface area contributed by atoms with Gasteiger partial charge in [-0.1, -0.05) is 12.1 Å². The largest absolute Gasteiger partial charge is 0.469 e. The average molecular weight is 322 g/mol. The lowest BCUT2D eigenvalue weighted by atomic mass is 10.2. The Morgan fingerprint density at radius 1 is 1.38 bits per heavy atom. The van der Waals surface area contributed by atoms with Gasteiger partial charge in [0.05, 0.1) is 24.8 Å². The predicted molar refractivity (Wildman–Crippen MR) is 84.2 cm³/mol. The summed E-state index contributed by atoms with van der Waals surface area (Å²) in [6, 6.07) is 7.01. The molecule has 2 rings (SSSR count). The van der Waals surface area contributed by atoms with Gasteiger partial charge in [0.25, 0.3) is 5.91 Å². The number of amides is 1. The van der Waals surface area contributed by atoms with E-state index in [1.54, 1.807) is 31.2 Å². The van der Waals surface area contributed by atoms with E-state index in [2.05, 4.69) is 27.7 Å². The quantitative estimate of drug-likeness (QED) is 0.671. The molecule has 1 aromatic carbocycles. The van der Waals surface area contributed by atoms with Crippen molar-refractivity contribution < 1.29 is 14.3 Å². The van der Waals surface area contributed by atoms with Crippen LogP contribution in [0, 0.1) is 6.92 Å². The number of carbonyl (C=O) groups is 2. The topological polar surface area (TPSA) is 68.3 Å². The number of nitrogens with one attached hydrogen (secondary N) is 1. The molecule has 0 unspecified atom stereocenters. The molecule has 110 valence electrons. The van der Waals surface area contributed by atoms with E-state index in [-0.39, 0.29) is 18.3 Å². The van der Waals surface area contributed by atoms with Gasteiger partial charge in [-0.25, -0.2) is 4.98 Å². The lowest BCUT2D eigenvalue weighted by Crippen LogP contribution is -2.12. The Morgan fingerprint density at radius 3 is 2.76 bits per heavy atom. The van der Waals surface area contributed by atoms with Gasteiger partial charge in [-0.05, 0) is 19.1 Å². The van der Waals surface area contributed by atoms with Gasteiger partial charge in [-0.15, -0.1) is 24.0 Å². The normalized spacial score (nSPS) is 10.2. The molecule has 0 saturated carbocycles. The number of nitrogens with zero attached hydrogens (tertiary/aromatic N) is 1. The number of methoxy groups -OCH3 is 1. The minimum atomic E-state index is -0.333. The molecule has 0 fully saturated rings. The number of thiazole rings is 1. The summed E-state index contributed by atoms with van der Waals surface area (Å²) in [5.41, 5.74) is 1.18. The molecule has 0 aliphatic rings. The highest BCUT2D eigenvalue weighted by atomic mass is 32.1. The zero-order chi connectivity index (χ0) is 15.4. The molecule has 0 spiro atoms. The molecule has 0 radical (unpaired) electrons. The minimum Gasteiger partial charge on any atom is -0.469 e. The fraction of sp³-hybridized carbons (Fsp3) is 0.214. The number of aryl methyl sites for hydroxylation is 1. The van der Waals surface area contributed by atoms with Gasteiger partial charge in [0.15, 0.2) is 5.13 Å². The Bertz CT molecular complexity index is 683. The van der Waals surface area contributed by atoms with Crippen LogP contribution in [0.25, 0.3) is 0 Å². The van der Waals surface area contributed by atoms with Crippen molar-refractivity contribution in [3.8, 4) is 0 Å². The Labute approximate surface area is 131 Å². The number of rotatable bonds is 4. The Morgan fingerprint density at radius 2 is 2.10 bits per heavy atom. The van der Waals surface area contributed by atoms with Gasteiger partial charge >= 0.3 is 5.97 Å². The van der Waals surface area contributed by atoms with Crippen LogP contribution in [-0.4, -0.2) is 24.0 Å². The molecule has 1 heterocycles. The SMILES string of the molecule is COC(=O)Cc1sc(NC(=O)c2ccccc2S)nc1C. The maximum absolute atomic E-state index is 12.1. The second-order valence-corrected chi connectivity index (χ2v) is 5.82. The van der Waals surface area contributed by atoms with E-state index in [1.807, 2.05) is 0 Å². The monoisotopic (exact) mass is 322 g/mol. The summed E-state index contributed by atoms with van der Waals surface area (Å²) in [4.78, 5) is 29.1. The zero-order valence-corrected chi connectivity index (χ0v) is 13.3. The second-order valence-electron chi connectivity index (χ2n) is 4.25. The fourth-order valence-corrected chi connectivity index (χ4v) is 2.88. The lowest BCUT2D eigenvalue weighted by Gasteiger charge is -2.03. The van der Waals surface area contributed by atoms with Crippen LogP contribution in [0.5, 0.6) is 0 Å². The van der Waals surface area contributed by atoms with Crippen LogP contribution in [0.2, 0.25) is 0 Å². The number of hydrogen-bond donors (Lipinski definition) is 2. The van der Waals surface area contributed by atoms with Crippen molar-refractivity contribution in [1.82, 2.24) is 4.98 Å². The number of esters is 1. The standard InChI is InChI=1S/C14H14N2O3S2/c1-8-11(7-12(17)19-2)21-14(15-8)16-13(18)9-5-3-4-6-10(9)20/h3-6,20H,7H2,1-2H3,(H,15,16,18). The molecule has 5 nitrogen and oxygen atoms in total. The van der Waals surface area contributed by atoms with Crippen LogP contribution < -0.4 is 5.32 Å². The van der Waals surface area contributed by atoms with E-state index in [9.17, 15) is 9.59 Å². The van der Waals surface area contributed by atoms with Crippen molar-refractivity contribution in [3.05, 3.63) is 40.4 Å². The van der Waals surface area contributed by atoms with Crippen molar-refractivity contribution >= 4 is 41.0 Å². The maximum atomic E-state index is 12.1. The van der Waals surface area contributed by atoms with Gasteiger partial charge in [0.1, 0.15) is 0 Å². The highest BCUT2D eigenvalue weighted by Gasteiger charge is 2.15. The number of carbonyl (C=O) groups excluding carboxylic acids is 2. The number of aromatic nitrogens is 1. The highest BCUT2D eigenvalue weighted by molar-refractivity contribution is 7.80. The Kier molecular flexibility index (Phi) is 4.98. The zero-order valence-electron chi connectivity index (χ0n) is 11.5. The number of benzene rings is 1. The summed E-state index contributed by atoms with van der Waals surface area (Å²) in [5, 5.41) is 3.17. The van der Waals surface area contributed by atoms with Crippen molar-refractivity contribution in [2.75, 3.05) is 12.4 Å². The second kappa shape index (κ2) is 6.73. The van der Waals surface area contributed by atoms with Gasteiger partial charge in [-0.3, -0.25) is 14.9 Å². The minimum absolute atomic E-state index is 0.152. The predicted octanol–water partition coefficient (Wildman–Crippen LogP) is 2.71. The van der Waals surface area contributed by atoms with E-state index in [0.29, 0.717) is 21.3 Å². The Hall–Kier alpha value is -1.86. The number of thiol groups is 1. The first-order valence-corrected chi connectivity index (χ1v) is 7.40. The molecule has 1 amide bonds. The van der Waals surface area contributed by atoms with Gasteiger partial charge in [0.2, 0.25) is 0 Å². The van der Waals surface area contributed by atoms with Crippen LogP contribution >= 0.6 is 24.0 Å². The fourth-order valence-electron chi connectivity index (χ4n) is 1.68. The van der Waals surface area contributed by atoms with Crippen LogP contribution in [-0.2, 0) is 16.0 Å². The number of hydrogen-bond acceptors (Lipinski definition) is 6. The molecule has 21 heavy (non-hydrogen) atoms. The smallest absolute Gasteiger partial charge is 0.310 e. The lowest BCUT2D eigenvalue weighted by molar-refractivity contribution is -0.139. The summed E-state index contributed by atoms with van der Waals surface area (Å²) in [5.74, 6) is -0.612. The maximum Gasteiger partial charge on any atom is 0.310 e. The third kappa shape index (κ3) is 3.83. The highest BCUT2D eigenvalue weighted by Crippen LogP contribution is 2.24. The van der Waals surface area contributed by atoms with E-state index in [0.717, 1.165) is 4.88 Å². The van der Waals surface area contributed by atoms with Crippen LogP contribution in [0.1, 0.15) is 20.9 Å². The first-order valence-electron chi connectivity index (χ1n) is 6.13. The summed E-state index contributed by atoms with van der Waals surface area (Å²) >= 11 is 5.51. The summed E-state index contributed by atoms with van der Waals surface area (Å²) in [7, 11) is 1.34. The molecule has 0 atom stereocenters. The molecular weight excluding hydrogens is 308 g/mol. The molecule has 2 aromatic rings. The number of anilines is 1. The molecule has 0 aliphatic carbocycles. The van der Waals surface area contributed by atoms with Gasteiger partial charge in [-0.2, -0.15) is 0 Å². The molecule has 0 bridgehead atoms. The van der Waals surface area contributed by atoms with Crippen molar-refractivity contribution in [1.29, 1.82) is 0 Å². The first kappa shape index (κ1) is 15.5. The summed E-state index contributed by atoms with van der Waals surface area (Å²) < 4.78 is 4.63. The van der Waals surface area contributed by atoms with Crippen molar-refractivity contribution in [3.63, 3.8) is 0 Å². The van der Waals surface area contributed by atoms with Crippen LogP contribution in [0.4, 0.5) is 5.13 Å². The Balaban J connectivity index is 2.14. The van der Waals surface area contributed by atoms with E-state index in [4.69, 9.17) is 0 Å². The van der Waals surface area contributed by atoms with E-state index < -0.39 is 0 Å². The molecule has 7 heteroatoms. The molecule has 0 saturated heterocycles.